The van der Waals surface area contributed by atoms with E-state index in [2.05, 4.69) is 124 Å². The number of benzene rings is 4. The molecule has 0 bridgehead atoms. The molecule has 0 spiro atoms. The Bertz CT molecular complexity index is 2130. The van der Waals surface area contributed by atoms with Crippen molar-refractivity contribution in [2.75, 3.05) is 0 Å². The average Bonchev–Trinajstić information content (AvgIpc) is 3.44. The maximum absolute atomic E-state index is 4.70. The van der Waals surface area contributed by atoms with E-state index >= 15 is 0 Å². The maximum Gasteiger partial charge on any atom is 0.183 e. The van der Waals surface area contributed by atoms with Crippen molar-refractivity contribution in [1.82, 2.24) is 15.0 Å². The van der Waals surface area contributed by atoms with E-state index in [1.807, 2.05) is 11.8 Å². The largest absolute Gasteiger partial charge is 0.204 e. The van der Waals surface area contributed by atoms with Gasteiger partial charge in [0.05, 0.1) is 0 Å². The molecule has 3 nitrogen and oxygen atoms in total. The molecule has 6 heteroatoms. The zero-order valence-electron chi connectivity index (χ0n) is 24.6. The number of aromatic nitrogens is 3. The molecule has 0 radical (unpaired) electrons. The van der Waals surface area contributed by atoms with Crippen LogP contribution in [-0.4, -0.2) is 27.6 Å². The highest BCUT2D eigenvalue weighted by Gasteiger charge is 2.34. The summed E-state index contributed by atoms with van der Waals surface area (Å²) in [5.41, 5.74) is 13.0. The molecule has 0 unspecified atom stereocenters. The van der Waals surface area contributed by atoms with E-state index in [1.165, 1.54) is 59.7 Å². The van der Waals surface area contributed by atoms with Gasteiger partial charge in [-0.2, -0.15) is 0 Å². The second-order valence-corrected chi connectivity index (χ2v) is 15.0. The van der Waals surface area contributed by atoms with Crippen LogP contribution in [0.5, 0.6) is 0 Å². The lowest BCUT2D eigenvalue weighted by Gasteiger charge is -2.21. The predicted octanol–water partition coefficient (Wildman–Crippen LogP) is 9.11. The molecule has 0 N–H and O–H groups in total. The minimum absolute atomic E-state index is 0.0141. The molecule has 0 fully saturated rings. The highest BCUT2D eigenvalue weighted by Crippen LogP contribution is 2.56. The number of hydrogen-bond acceptors (Lipinski definition) is 4. The quantitative estimate of drug-likeness (QED) is 0.188. The molecule has 8 rings (SSSR count). The first kappa shape index (κ1) is 26.9. The Kier molecular flexibility index (Phi) is 5.89. The summed E-state index contributed by atoms with van der Waals surface area (Å²) in [5, 5.41) is 2.39. The Morgan fingerprint density at radius 2 is 1.23 bits per heavy atom. The molecule has 1 aromatic heterocycles. The molecule has 1 aliphatic heterocycles. The molecule has 0 saturated carbocycles. The van der Waals surface area contributed by atoms with Crippen molar-refractivity contribution in [2.45, 2.75) is 48.3 Å². The van der Waals surface area contributed by atoms with Crippen molar-refractivity contribution >= 4 is 74.8 Å². The van der Waals surface area contributed by atoms with Gasteiger partial charge >= 0.3 is 0 Å². The highest BCUT2D eigenvalue weighted by atomic mass is 32.2. The van der Waals surface area contributed by atoms with E-state index in [4.69, 9.17) is 9.97 Å². The van der Waals surface area contributed by atoms with E-state index in [1.54, 1.807) is 0 Å². The molecule has 5 aromatic rings. The fraction of sp³-hybridized carbons (Fsp3) is 0.162. The summed E-state index contributed by atoms with van der Waals surface area (Å²) in [4.78, 5) is 16.6. The lowest BCUT2D eigenvalue weighted by atomic mass is 9.83. The number of hydrogen-bond donors (Lipinski definition) is 0. The third kappa shape index (κ3) is 4.01. The second-order valence-electron chi connectivity index (χ2n) is 12.5. The molecule has 43 heavy (non-hydrogen) atoms. The van der Waals surface area contributed by atoms with E-state index in [0.717, 1.165) is 27.4 Å². The minimum Gasteiger partial charge on any atom is -0.204 e. The summed E-state index contributed by atoms with van der Waals surface area (Å²) in [6.45, 7) is 9.24. The number of allylic oxidation sites excluding steroid dienone is 2. The summed E-state index contributed by atoms with van der Waals surface area (Å²) >= 11 is 1.95. The van der Waals surface area contributed by atoms with Gasteiger partial charge in [-0.05, 0) is 77.8 Å². The fourth-order valence-electron chi connectivity index (χ4n) is 6.76. The number of rotatable bonds is 3. The Morgan fingerprint density at radius 1 is 0.651 bits per heavy atom. The van der Waals surface area contributed by atoms with Gasteiger partial charge < -0.3 is 0 Å². The van der Waals surface area contributed by atoms with Crippen LogP contribution in [0.3, 0.4) is 0 Å². The van der Waals surface area contributed by atoms with Crippen LogP contribution < -0.4 is 11.1 Å². The summed E-state index contributed by atoms with van der Waals surface area (Å²) in [5.74, 6) is 0.667. The van der Waals surface area contributed by atoms with Crippen LogP contribution in [0.2, 0.25) is 0 Å². The molecule has 4 aromatic carbocycles. The monoisotopic (exact) mass is 609 g/mol. The molecule has 208 valence electrons. The Labute approximate surface area is 259 Å². The third-order valence-corrected chi connectivity index (χ3v) is 11.3. The zero-order valence-corrected chi connectivity index (χ0v) is 27.2. The zero-order chi connectivity index (χ0) is 29.7. The molecular weight excluding hydrogens is 580 g/mol. The molecule has 0 amide bonds. The molecule has 0 atom stereocenters. The first-order valence-corrected chi connectivity index (χ1v) is 17.3. The SMILES string of the molecule is C=Pc1nc(P=C)nc(-c2ccc3c4c(ccc3c2)-c2ccc3c(c2Sc2c-4ccc4c2C=CC4(C)C)C=CC3(C)C)n1. The second kappa shape index (κ2) is 9.41. The summed E-state index contributed by atoms with van der Waals surface area (Å²) in [6, 6.07) is 20.6. The number of fused-ring (bicyclic) bond motifs is 11. The van der Waals surface area contributed by atoms with Gasteiger partial charge in [0.15, 0.2) is 17.0 Å². The molecule has 3 aliphatic rings. The molecular formula is C37H29N3P2S. The average molecular weight is 610 g/mol. The van der Waals surface area contributed by atoms with Gasteiger partial charge in [-0.1, -0.05) is 125 Å². The van der Waals surface area contributed by atoms with Crippen LogP contribution in [-0.2, 0) is 10.8 Å². The van der Waals surface area contributed by atoms with Gasteiger partial charge in [0.25, 0.3) is 0 Å². The third-order valence-electron chi connectivity index (χ3n) is 9.05. The molecule has 2 heterocycles. The Hall–Kier alpha value is -3.68. The molecule has 0 saturated heterocycles. The Balaban J connectivity index is 1.42. The van der Waals surface area contributed by atoms with Gasteiger partial charge in [0.1, 0.15) is 0 Å². The van der Waals surface area contributed by atoms with Crippen LogP contribution in [0.1, 0.15) is 49.9 Å². The van der Waals surface area contributed by atoms with Crippen LogP contribution in [0.4, 0.5) is 0 Å². The standard InChI is InChI=1S/C37H29N3P2S/c1-36(2)17-15-25-28(36)13-11-24-23-10-7-20-19-21(33-38-34(41-5)40-35(39-33)42-6)8-9-22(20)30(23)27-12-14-29-26(16-18-37(29,3)4)32(27)43-31(24)25/h7-19H,5-6H2,1-4H3. The first-order valence-electron chi connectivity index (χ1n) is 14.4. The summed E-state index contributed by atoms with van der Waals surface area (Å²) < 4.78 is 0. The topological polar surface area (TPSA) is 38.7 Å². The predicted molar refractivity (Wildman–Crippen MR) is 189 cm³/mol. The van der Waals surface area contributed by atoms with E-state index in [0.29, 0.717) is 17.0 Å². The van der Waals surface area contributed by atoms with Crippen LogP contribution in [0.15, 0.2) is 76.5 Å². The fourth-order valence-corrected chi connectivity index (χ4v) is 8.84. The highest BCUT2D eigenvalue weighted by molar-refractivity contribution is 7.99. The maximum atomic E-state index is 4.70. The first-order chi connectivity index (χ1) is 20.7. The van der Waals surface area contributed by atoms with E-state index < -0.39 is 0 Å². The van der Waals surface area contributed by atoms with Crippen molar-refractivity contribution in [3.05, 3.63) is 89.0 Å². The summed E-state index contributed by atoms with van der Waals surface area (Å²) in [7, 11) is 1.54. The van der Waals surface area contributed by atoms with Crippen LogP contribution in [0.25, 0.3) is 56.6 Å². The van der Waals surface area contributed by atoms with Crippen molar-refractivity contribution < 1.29 is 0 Å². The van der Waals surface area contributed by atoms with Gasteiger partial charge in [0, 0.05) is 26.2 Å². The van der Waals surface area contributed by atoms with Crippen LogP contribution >= 0.6 is 28.2 Å². The van der Waals surface area contributed by atoms with Gasteiger partial charge in [0.2, 0.25) is 0 Å². The Morgan fingerprint density at radius 3 is 1.86 bits per heavy atom. The van der Waals surface area contributed by atoms with Crippen molar-refractivity contribution in [2.24, 2.45) is 0 Å². The van der Waals surface area contributed by atoms with Gasteiger partial charge in [-0.3, -0.25) is 0 Å². The minimum atomic E-state index is 0.0141. The lowest BCUT2D eigenvalue weighted by molar-refractivity contribution is 0.682. The van der Waals surface area contributed by atoms with Gasteiger partial charge in [-0.25, -0.2) is 15.0 Å². The van der Waals surface area contributed by atoms with E-state index in [9.17, 15) is 0 Å². The van der Waals surface area contributed by atoms with Crippen molar-refractivity contribution in [1.29, 1.82) is 0 Å². The smallest absolute Gasteiger partial charge is 0.183 e. The molecule has 2 aliphatic carbocycles. The summed E-state index contributed by atoms with van der Waals surface area (Å²) in [6.07, 6.45) is 17.3. The normalized spacial score (nSPS) is 16.6. The van der Waals surface area contributed by atoms with Crippen molar-refractivity contribution in [3.8, 4) is 33.6 Å². The number of nitrogens with zero attached hydrogens (tertiary/aromatic N) is 3. The van der Waals surface area contributed by atoms with E-state index in [-0.39, 0.29) is 10.8 Å². The lowest BCUT2D eigenvalue weighted by Crippen LogP contribution is -2.19. The van der Waals surface area contributed by atoms with Gasteiger partial charge in [-0.15, -0.1) is 0 Å². The van der Waals surface area contributed by atoms with Crippen molar-refractivity contribution in [3.63, 3.8) is 0 Å². The van der Waals surface area contributed by atoms with Crippen LogP contribution in [0, 0.1) is 0 Å².